The molecule has 0 radical (unpaired) electrons. The zero-order valence-electron chi connectivity index (χ0n) is 10.6. The van der Waals surface area contributed by atoms with E-state index in [1.807, 2.05) is 13.8 Å². The van der Waals surface area contributed by atoms with Crippen molar-refractivity contribution in [3.05, 3.63) is 28.0 Å². The number of aromatic nitrogens is 3. The summed E-state index contributed by atoms with van der Waals surface area (Å²) in [6.07, 6.45) is 4.09. The summed E-state index contributed by atoms with van der Waals surface area (Å²) in [6.45, 7) is 4.61. The number of hydrogen-bond acceptors (Lipinski definition) is 5. The monoisotopic (exact) mass is 265 g/mol. The van der Waals surface area contributed by atoms with Gasteiger partial charge in [-0.1, -0.05) is 6.92 Å². The number of hydrogen-bond donors (Lipinski definition) is 0. The zero-order valence-corrected chi connectivity index (χ0v) is 11.5. The molecule has 0 amide bonds. The Kier molecular flexibility index (Phi) is 3.76. The average molecular weight is 265 g/mol. The third-order valence-corrected chi connectivity index (χ3v) is 3.43. The van der Waals surface area contributed by atoms with Gasteiger partial charge in [-0.2, -0.15) is 5.10 Å². The Hall–Kier alpha value is -1.69. The molecule has 0 aliphatic rings. The summed E-state index contributed by atoms with van der Waals surface area (Å²) in [7, 11) is 1.54. The summed E-state index contributed by atoms with van der Waals surface area (Å²) >= 11 is 1.38. The largest absolute Gasteiger partial charge is 0.493 e. The van der Waals surface area contributed by atoms with Crippen molar-refractivity contribution in [2.24, 2.45) is 0 Å². The van der Waals surface area contributed by atoms with Crippen molar-refractivity contribution in [3.8, 4) is 5.75 Å². The molecule has 0 fully saturated rings. The van der Waals surface area contributed by atoms with E-state index >= 15 is 0 Å². The Morgan fingerprint density at radius 3 is 2.83 bits per heavy atom. The molecule has 2 rings (SSSR count). The molecule has 0 aliphatic carbocycles. The lowest BCUT2D eigenvalue weighted by Crippen LogP contribution is -2.11. The van der Waals surface area contributed by atoms with Crippen LogP contribution in [0.5, 0.6) is 5.75 Å². The van der Waals surface area contributed by atoms with E-state index in [9.17, 15) is 4.79 Å². The van der Waals surface area contributed by atoms with Gasteiger partial charge in [0, 0.05) is 12.7 Å². The third-order valence-electron chi connectivity index (χ3n) is 2.52. The SMILES string of the molecule is CCCn1ncc(OC)c1C(=O)c1cnc(C)s1. The number of ether oxygens (including phenoxy) is 1. The van der Waals surface area contributed by atoms with Gasteiger partial charge in [0.2, 0.25) is 5.78 Å². The Morgan fingerprint density at radius 1 is 1.50 bits per heavy atom. The van der Waals surface area contributed by atoms with Crippen molar-refractivity contribution in [1.29, 1.82) is 0 Å². The van der Waals surface area contributed by atoms with Crippen molar-refractivity contribution in [2.45, 2.75) is 26.8 Å². The lowest BCUT2D eigenvalue weighted by atomic mass is 10.2. The molecule has 5 nitrogen and oxygen atoms in total. The van der Waals surface area contributed by atoms with Gasteiger partial charge in [0.25, 0.3) is 0 Å². The van der Waals surface area contributed by atoms with Crippen molar-refractivity contribution in [3.63, 3.8) is 0 Å². The summed E-state index contributed by atoms with van der Waals surface area (Å²) in [5.41, 5.74) is 0.503. The van der Waals surface area contributed by atoms with Crippen LogP contribution >= 0.6 is 11.3 Å². The molecule has 6 heteroatoms. The second kappa shape index (κ2) is 5.30. The van der Waals surface area contributed by atoms with Crippen LogP contribution in [0.1, 0.15) is 33.7 Å². The van der Waals surface area contributed by atoms with Crippen molar-refractivity contribution in [1.82, 2.24) is 14.8 Å². The highest BCUT2D eigenvalue weighted by Crippen LogP contribution is 2.24. The van der Waals surface area contributed by atoms with Crippen LogP contribution in [0.4, 0.5) is 0 Å². The Labute approximate surface area is 109 Å². The van der Waals surface area contributed by atoms with E-state index in [0.717, 1.165) is 11.4 Å². The van der Waals surface area contributed by atoms with Crippen LogP contribution in [0.3, 0.4) is 0 Å². The minimum absolute atomic E-state index is 0.0802. The van der Waals surface area contributed by atoms with Crippen LogP contribution in [0.2, 0.25) is 0 Å². The van der Waals surface area contributed by atoms with Crippen molar-refractivity contribution in [2.75, 3.05) is 7.11 Å². The van der Waals surface area contributed by atoms with Crippen LogP contribution in [0.25, 0.3) is 0 Å². The summed E-state index contributed by atoms with van der Waals surface area (Å²) in [6, 6.07) is 0. The van der Waals surface area contributed by atoms with Gasteiger partial charge >= 0.3 is 0 Å². The first-order chi connectivity index (χ1) is 8.67. The molecule has 2 aromatic heterocycles. The minimum Gasteiger partial charge on any atom is -0.493 e. The molecule has 2 aromatic rings. The van der Waals surface area contributed by atoms with Gasteiger partial charge in [-0.15, -0.1) is 11.3 Å². The fraction of sp³-hybridized carbons (Fsp3) is 0.417. The molecular weight excluding hydrogens is 250 g/mol. The van der Waals surface area contributed by atoms with E-state index in [2.05, 4.69) is 10.1 Å². The van der Waals surface area contributed by atoms with Crippen LogP contribution in [-0.4, -0.2) is 27.7 Å². The lowest BCUT2D eigenvalue weighted by Gasteiger charge is -2.05. The second-order valence-electron chi connectivity index (χ2n) is 3.86. The van der Waals surface area contributed by atoms with Gasteiger partial charge in [0.1, 0.15) is 0 Å². The predicted molar refractivity (Wildman–Crippen MR) is 69.4 cm³/mol. The molecule has 0 saturated carbocycles. The highest BCUT2D eigenvalue weighted by Gasteiger charge is 2.22. The lowest BCUT2D eigenvalue weighted by molar-refractivity contribution is 0.102. The second-order valence-corrected chi connectivity index (χ2v) is 5.09. The van der Waals surface area contributed by atoms with E-state index in [1.165, 1.54) is 11.3 Å². The summed E-state index contributed by atoms with van der Waals surface area (Å²) in [5.74, 6) is 0.433. The molecule has 0 unspecified atom stereocenters. The number of carbonyl (C=O) groups is 1. The van der Waals surface area contributed by atoms with Gasteiger partial charge in [0.15, 0.2) is 11.4 Å². The minimum atomic E-state index is -0.0802. The Morgan fingerprint density at radius 2 is 2.28 bits per heavy atom. The van der Waals surface area contributed by atoms with Gasteiger partial charge in [-0.05, 0) is 13.3 Å². The topological polar surface area (TPSA) is 57.0 Å². The van der Waals surface area contributed by atoms with Gasteiger partial charge < -0.3 is 4.74 Å². The first-order valence-electron chi connectivity index (χ1n) is 5.74. The highest BCUT2D eigenvalue weighted by atomic mass is 32.1. The van der Waals surface area contributed by atoms with Gasteiger partial charge in [-0.25, -0.2) is 4.98 Å². The molecule has 2 heterocycles. The number of aryl methyl sites for hydroxylation is 2. The van der Waals surface area contributed by atoms with E-state index < -0.39 is 0 Å². The summed E-state index contributed by atoms with van der Waals surface area (Å²) < 4.78 is 6.89. The molecule has 0 atom stereocenters. The van der Waals surface area contributed by atoms with E-state index in [1.54, 1.807) is 24.2 Å². The quantitative estimate of drug-likeness (QED) is 0.778. The number of methoxy groups -OCH3 is 1. The first kappa shape index (κ1) is 12.8. The molecule has 0 saturated heterocycles. The zero-order chi connectivity index (χ0) is 13.1. The fourth-order valence-electron chi connectivity index (χ4n) is 1.71. The van der Waals surface area contributed by atoms with Gasteiger partial charge in [0.05, 0.1) is 23.2 Å². The van der Waals surface area contributed by atoms with E-state index in [4.69, 9.17) is 4.74 Å². The number of thiazole rings is 1. The van der Waals surface area contributed by atoms with Crippen molar-refractivity contribution < 1.29 is 9.53 Å². The maximum atomic E-state index is 12.4. The van der Waals surface area contributed by atoms with Crippen LogP contribution < -0.4 is 4.74 Å². The maximum absolute atomic E-state index is 12.4. The van der Waals surface area contributed by atoms with Crippen LogP contribution in [0.15, 0.2) is 12.4 Å². The van der Waals surface area contributed by atoms with E-state index in [0.29, 0.717) is 22.9 Å². The first-order valence-corrected chi connectivity index (χ1v) is 6.56. The molecule has 96 valence electrons. The average Bonchev–Trinajstić information content (AvgIpc) is 2.95. The Bertz CT molecular complexity index is 559. The van der Waals surface area contributed by atoms with Crippen molar-refractivity contribution >= 4 is 17.1 Å². The van der Waals surface area contributed by atoms with E-state index in [-0.39, 0.29) is 5.78 Å². The molecular formula is C12H15N3O2S. The number of carbonyl (C=O) groups excluding carboxylic acids is 1. The number of ketones is 1. The Balaban J connectivity index is 2.42. The van der Waals surface area contributed by atoms with Crippen LogP contribution in [0, 0.1) is 6.92 Å². The molecule has 0 aromatic carbocycles. The van der Waals surface area contributed by atoms with Gasteiger partial charge in [-0.3, -0.25) is 9.48 Å². The molecule has 0 spiro atoms. The summed E-state index contributed by atoms with van der Waals surface area (Å²) in [4.78, 5) is 17.1. The molecule has 0 N–H and O–H groups in total. The standard InChI is InChI=1S/C12H15N3O2S/c1-4-5-15-11(9(17-3)6-14-15)12(16)10-7-13-8(2)18-10/h6-7H,4-5H2,1-3H3. The predicted octanol–water partition coefficient (Wildman–Crippen LogP) is 2.30. The normalized spacial score (nSPS) is 10.6. The highest BCUT2D eigenvalue weighted by molar-refractivity contribution is 7.13. The molecule has 0 bridgehead atoms. The maximum Gasteiger partial charge on any atom is 0.226 e. The smallest absolute Gasteiger partial charge is 0.226 e. The fourth-order valence-corrected chi connectivity index (χ4v) is 2.43. The third kappa shape index (κ3) is 2.28. The molecule has 18 heavy (non-hydrogen) atoms. The summed E-state index contributed by atoms with van der Waals surface area (Å²) in [5, 5.41) is 5.06. The number of rotatable bonds is 5. The van der Waals surface area contributed by atoms with Crippen LogP contribution in [-0.2, 0) is 6.54 Å². The molecule has 0 aliphatic heterocycles. The number of nitrogens with zero attached hydrogens (tertiary/aromatic N) is 3.